The van der Waals surface area contributed by atoms with Crippen molar-refractivity contribution in [3.8, 4) is 0 Å². The van der Waals surface area contributed by atoms with Crippen LogP contribution in [-0.2, 0) is 0 Å². The number of H-pyrrole nitrogens is 1. The lowest BCUT2D eigenvalue weighted by atomic mass is 10.1. The van der Waals surface area contributed by atoms with E-state index in [2.05, 4.69) is 16.7 Å². The predicted molar refractivity (Wildman–Crippen MR) is 76.0 cm³/mol. The zero-order chi connectivity index (χ0) is 13.4. The summed E-state index contributed by atoms with van der Waals surface area (Å²) in [4.78, 5) is 25.2. The standard InChI is InChI=1S/C15H10N2O2/c1-2-9-5-3-6-10-11-7-4-8-12(15(18)17-19)14(11)16-13(9)10/h2-8,16H,1H2. The van der Waals surface area contributed by atoms with Crippen LogP contribution >= 0.6 is 0 Å². The van der Waals surface area contributed by atoms with Gasteiger partial charge in [0, 0.05) is 15.9 Å². The van der Waals surface area contributed by atoms with E-state index in [1.807, 2.05) is 24.3 Å². The minimum absolute atomic E-state index is 0.290. The highest BCUT2D eigenvalue weighted by Crippen LogP contribution is 2.30. The first kappa shape index (κ1) is 11.3. The first-order valence-corrected chi connectivity index (χ1v) is 5.80. The third-order valence-electron chi connectivity index (χ3n) is 3.23. The number of amides is 1. The summed E-state index contributed by atoms with van der Waals surface area (Å²) in [5, 5.41) is 4.38. The molecule has 0 spiro atoms. The molecule has 1 heterocycles. The van der Waals surface area contributed by atoms with E-state index in [1.165, 1.54) is 0 Å². The number of nitroso groups, excluding NO2 is 1. The summed E-state index contributed by atoms with van der Waals surface area (Å²) in [6, 6.07) is 11.1. The Morgan fingerprint density at radius 1 is 1.11 bits per heavy atom. The average molecular weight is 250 g/mol. The molecule has 92 valence electrons. The first-order valence-electron chi connectivity index (χ1n) is 5.80. The van der Waals surface area contributed by atoms with Gasteiger partial charge < -0.3 is 4.98 Å². The monoisotopic (exact) mass is 250 g/mol. The van der Waals surface area contributed by atoms with Gasteiger partial charge >= 0.3 is 5.91 Å². The molecule has 0 aliphatic rings. The van der Waals surface area contributed by atoms with Crippen LogP contribution in [0.1, 0.15) is 15.9 Å². The molecule has 1 N–H and O–H groups in total. The van der Waals surface area contributed by atoms with Crippen LogP contribution in [0.3, 0.4) is 0 Å². The number of aromatic nitrogens is 1. The van der Waals surface area contributed by atoms with Gasteiger partial charge in [-0.1, -0.05) is 43.0 Å². The Labute approximate surface area is 108 Å². The Morgan fingerprint density at radius 3 is 2.47 bits per heavy atom. The maximum atomic E-state index is 11.5. The molecular formula is C15H10N2O2. The van der Waals surface area contributed by atoms with E-state index in [1.54, 1.807) is 18.2 Å². The van der Waals surface area contributed by atoms with Gasteiger partial charge in [0.1, 0.15) is 0 Å². The highest BCUT2D eigenvalue weighted by Gasteiger charge is 2.14. The molecule has 1 amide bonds. The second kappa shape index (κ2) is 4.17. The summed E-state index contributed by atoms with van der Waals surface area (Å²) in [6.45, 7) is 3.77. The van der Waals surface area contributed by atoms with E-state index >= 15 is 0 Å². The summed E-state index contributed by atoms with van der Waals surface area (Å²) < 4.78 is 0. The maximum absolute atomic E-state index is 11.5. The van der Waals surface area contributed by atoms with Crippen molar-refractivity contribution in [2.75, 3.05) is 0 Å². The number of fused-ring (bicyclic) bond motifs is 3. The molecule has 0 unspecified atom stereocenters. The number of carbonyl (C=O) groups is 1. The molecule has 0 atom stereocenters. The Balaban J connectivity index is 2.49. The lowest BCUT2D eigenvalue weighted by Crippen LogP contribution is -1.94. The van der Waals surface area contributed by atoms with Gasteiger partial charge in [-0.3, -0.25) is 4.79 Å². The van der Waals surface area contributed by atoms with E-state index in [0.717, 1.165) is 21.9 Å². The summed E-state index contributed by atoms with van der Waals surface area (Å²) in [5.41, 5.74) is 2.78. The van der Waals surface area contributed by atoms with Gasteiger partial charge in [-0.15, -0.1) is 4.91 Å². The summed E-state index contributed by atoms with van der Waals surface area (Å²) in [7, 11) is 0. The van der Waals surface area contributed by atoms with Crippen molar-refractivity contribution in [1.29, 1.82) is 0 Å². The van der Waals surface area contributed by atoms with Gasteiger partial charge in [0.05, 0.1) is 16.6 Å². The summed E-state index contributed by atoms with van der Waals surface area (Å²) in [5.74, 6) is -0.766. The molecule has 0 bridgehead atoms. The van der Waals surface area contributed by atoms with E-state index in [9.17, 15) is 9.70 Å². The Kier molecular flexibility index (Phi) is 2.49. The molecule has 4 heteroatoms. The third-order valence-corrected chi connectivity index (χ3v) is 3.23. The van der Waals surface area contributed by atoms with Gasteiger partial charge in [0.15, 0.2) is 0 Å². The number of hydrogen-bond acceptors (Lipinski definition) is 2. The Bertz CT molecular complexity index is 831. The highest BCUT2D eigenvalue weighted by molar-refractivity contribution is 6.16. The zero-order valence-electron chi connectivity index (χ0n) is 10.0. The number of carbonyl (C=O) groups excluding carboxylic acids is 1. The van der Waals surface area contributed by atoms with Crippen molar-refractivity contribution in [2.45, 2.75) is 0 Å². The topological polar surface area (TPSA) is 62.3 Å². The number of para-hydroxylation sites is 2. The third kappa shape index (κ3) is 1.57. The van der Waals surface area contributed by atoms with Gasteiger partial charge in [0.25, 0.3) is 0 Å². The van der Waals surface area contributed by atoms with Gasteiger partial charge in [0.2, 0.25) is 0 Å². The van der Waals surface area contributed by atoms with Crippen LogP contribution in [0, 0.1) is 4.91 Å². The van der Waals surface area contributed by atoms with Gasteiger partial charge in [-0.05, 0) is 11.6 Å². The average Bonchev–Trinajstić information content (AvgIpc) is 2.84. The van der Waals surface area contributed by atoms with Crippen LogP contribution in [0.5, 0.6) is 0 Å². The quantitative estimate of drug-likeness (QED) is 0.702. The molecule has 2 aromatic carbocycles. The lowest BCUT2D eigenvalue weighted by molar-refractivity contribution is 0.100. The van der Waals surface area contributed by atoms with Crippen LogP contribution < -0.4 is 0 Å². The van der Waals surface area contributed by atoms with Gasteiger partial charge in [-0.25, -0.2) is 0 Å². The largest absolute Gasteiger partial charge is 0.353 e. The molecule has 0 saturated carbocycles. The van der Waals surface area contributed by atoms with Crippen molar-refractivity contribution in [1.82, 2.24) is 4.98 Å². The van der Waals surface area contributed by atoms with Crippen molar-refractivity contribution < 1.29 is 4.79 Å². The molecule has 3 aromatic rings. The summed E-state index contributed by atoms with van der Waals surface area (Å²) >= 11 is 0. The Hall–Kier alpha value is -2.75. The van der Waals surface area contributed by atoms with Crippen molar-refractivity contribution in [3.63, 3.8) is 0 Å². The number of rotatable bonds is 2. The minimum Gasteiger partial charge on any atom is -0.353 e. The second-order valence-electron chi connectivity index (χ2n) is 4.22. The van der Waals surface area contributed by atoms with E-state index < -0.39 is 5.91 Å². The molecular weight excluding hydrogens is 240 g/mol. The fourth-order valence-corrected chi connectivity index (χ4v) is 2.37. The normalized spacial score (nSPS) is 10.7. The van der Waals surface area contributed by atoms with Crippen LogP contribution in [0.2, 0.25) is 0 Å². The van der Waals surface area contributed by atoms with Crippen molar-refractivity contribution >= 4 is 33.8 Å². The SMILES string of the molecule is C=Cc1cccc2c1[nH]c1c(C(=O)N=O)cccc12. The molecule has 1 aromatic heterocycles. The Morgan fingerprint density at radius 2 is 1.79 bits per heavy atom. The van der Waals surface area contributed by atoms with E-state index in [4.69, 9.17) is 0 Å². The molecule has 19 heavy (non-hydrogen) atoms. The molecule has 4 nitrogen and oxygen atoms in total. The van der Waals surface area contributed by atoms with E-state index in [-0.39, 0.29) is 0 Å². The van der Waals surface area contributed by atoms with Crippen LogP contribution in [0.15, 0.2) is 48.2 Å². The smallest absolute Gasteiger partial charge is 0.318 e. The number of benzene rings is 2. The number of aromatic amines is 1. The minimum atomic E-state index is -0.766. The molecule has 0 aliphatic heterocycles. The second-order valence-corrected chi connectivity index (χ2v) is 4.22. The predicted octanol–water partition coefficient (Wildman–Crippen LogP) is 3.87. The first-order chi connectivity index (χ1) is 9.26. The fraction of sp³-hybridized carbons (Fsp3) is 0. The maximum Gasteiger partial charge on any atom is 0.318 e. The highest BCUT2D eigenvalue weighted by atomic mass is 16.3. The number of hydrogen-bond donors (Lipinski definition) is 1. The molecule has 0 aliphatic carbocycles. The van der Waals surface area contributed by atoms with Gasteiger partial charge in [-0.2, -0.15) is 0 Å². The zero-order valence-corrected chi connectivity index (χ0v) is 10.0. The van der Waals surface area contributed by atoms with Crippen molar-refractivity contribution in [2.24, 2.45) is 5.18 Å². The number of nitrogens with one attached hydrogen (secondary N) is 1. The number of nitrogens with zero attached hydrogens (tertiary/aromatic N) is 1. The molecule has 3 rings (SSSR count). The van der Waals surface area contributed by atoms with E-state index in [0.29, 0.717) is 11.1 Å². The molecule has 0 fully saturated rings. The summed E-state index contributed by atoms with van der Waals surface area (Å²) in [6.07, 6.45) is 1.75. The fourth-order valence-electron chi connectivity index (χ4n) is 2.37. The van der Waals surface area contributed by atoms with Crippen LogP contribution in [-0.4, -0.2) is 10.9 Å². The molecule has 0 radical (unpaired) electrons. The van der Waals surface area contributed by atoms with Crippen molar-refractivity contribution in [3.05, 3.63) is 59.0 Å². The lowest BCUT2D eigenvalue weighted by Gasteiger charge is -1.95. The van der Waals surface area contributed by atoms with Crippen LogP contribution in [0.25, 0.3) is 27.9 Å². The molecule has 0 saturated heterocycles. The van der Waals surface area contributed by atoms with Crippen LogP contribution in [0.4, 0.5) is 0 Å².